The third kappa shape index (κ3) is 7.45. The van der Waals surface area contributed by atoms with E-state index in [1.165, 1.54) is 24.5 Å². The number of carbonyl (C=O) groups is 2. The summed E-state index contributed by atoms with van der Waals surface area (Å²) >= 11 is 0. The van der Waals surface area contributed by atoms with Gasteiger partial charge in [0.25, 0.3) is 5.91 Å². The first-order valence-electron chi connectivity index (χ1n) is 16.8. The van der Waals surface area contributed by atoms with E-state index in [9.17, 15) is 9.59 Å². The third-order valence-electron chi connectivity index (χ3n) is 9.39. The van der Waals surface area contributed by atoms with Gasteiger partial charge in [-0.1, -0.05) is 12.6 Å². The number of rotatable bonds is 13. The molecule has 0 radical (unpaired) electrons. The van der Waals surface area contributed by atoms with Crippen LogP contribution in [-0.2, 0) is 16.1 Å². The Hall–Kier alpha value is -4.81. The minimum absolute atomic E-state index is 0.0242. The summed E-state index contributed by atoms with van der Waals surface area (Å²) in [6.07, 6.45) is 8.60. The van der Waals surface area contributed by atoms with E-state index in [0.29, 0.717) is 79.0 Å². The van der Waals surface area contributed by atoms with Crippen molar-refractivity contribution >= 4 is 28.5 Å². The molecule has 1 aromatic carbocycles. The van der Waals surface area contributed by atoms with Crippen molar-refractivity contribution in [3.8, 4) is 11.5 Å². The Morgan fingerprint density at radius 2 is 1.90 bits per heavy atom. The van der Waals surface area contributed by atoms with Gasteiger partial charge in [-0.05, 0) is 80.5 Å². The number of amides is 2. The second kappa shape index (κ2) is 14.8. The van der Waals surface area contributed by atoms with Crippen LogP contribution in [0.15, 0.2) is 55.5 Å². The van der Waals surface area contributed by atoms with Crippen molar-refractivity contribution in [2.24, 2.45) is 0 Å². The van der Waals surface area contributed by atoms with E-state index in [1.807, 2.05) is 41.8 Å². The molecule has 1 aliphatic heterocycles. The number of hydrogen-bond acceptors (Lipinski definition) is 9. The summed E-state index contributed by atoms with van der Waals surface area (Å²) in [5, 5.41) is 8.32. The number of pyridine rings is 2. The fraction of sp³-hybridized carbons (Fsp3) is 0.432. The fourth-order valence-corrected chi connectivity index (χ4v) is 6.57. The molecule has 1 aliphatic carbocycles. The topological polar surface area (TPSA) is 124 Å². The number of carbonyl (C=O) groups excluding carboxylic acids is 2. The second-order valence-electron chi connectivity index (χ2n) is 12.9. The van der Waals surface area contributed by atoms with Gasteiger partial charge in [-0.15, -0.1) is 0 Å². The maximum absolute atomic E-state index is 13.9. The normalized spacial score (nSPS) is 17.2. The smallest absolute Gasteiger partial charge is 0.257 e. The number of anilines is 1. The highest BCUT2D eigenvalue weighted by Crippen LogP contribution is 2.40. The van der Waals surface area contributed by atoms with Crippen molar-refractivity contribution < 1.29 is 23.8 Å². The van der Waals surface area contributed by atoms with Gasteiger partial charge in [0.2, 0.25) is 5.91 Å². The van der Waals surface area contributed by atoms with Crippen molar-refractivity contribution in [2.45, 2.75) is 58.2 Å². The molecule has 2 atom stereocenters. The van der Waals surface area contributed by atoms with Gasteiger partial charge in [0, 0.05) is 50.9 Å². The van der Waals surface area contributed by atoms with Crippen LogP contribution in [-0.4, -0.2) is 94.4 Å². The Bertz CT molecular complexity index is 1840. The molecule has 12 nitrogen and oxygen atoms in total. The average molecular weight is 668 g/mol. The fourth-order valence-electron chi connectivity index (χ4n) is 6.57. The molecule has 4 heterocycles. The highest BCUT2D eigenvalue weighted by molar-refractivity contribution is 6.14. The Balaban J connectivity index is 1.35. The van der Waals surface area contributed by atoms with Gasteiger partial charge in [0.1, 0.15) is 22.8 Å². The monoisotopic (exact) mass is 667 g/mol. The van der Waals surface area contributed by atoms with E-state index < -0.39 is 6.10 Å². The van der Waals surface area contributed by atoms with Crippen molar-refractivity contribution in [2.75, 3.05) is 52.3 Å². The Kier molecular flexibility index (Phi) is 10.3. The van der Waals surface area contributed by atoms with Crippen LogP contribution in [0, 0.1) is 13.8 Å². The van der Waals surface area contributed by atoms with Crippen molar-refractivity contribution in [1.29, 1.82) is 0 Å². The quantitative estimate of drug-likeness (QED) is 0.195. The molecule has 1 saturated carbocycles. The number of nitrogens with zero attached hydrogens (tertiary/aromatic N) is 6. The lowest BCUT2D eigenvalue weighted by atomic mass is 10.0. The standard InChI is InChI=1S/C37H45N7O5/c1-7-33(45)43-13-12-42(21-25(43)4)22-32(30-11-10-27(18-38-30)26-8-9-26)49-31-17-23(2)34(29-20-40-44(35(29)31)14-15-47-5)37(46)41-36-24(3)16-28(48-6)19-39-36/h7,10-11,16-20,25-26,32H,1,8-9,12-15,21-22H2,2-6H3,(H,39,41,46)/t25?,32-/m1/s1. The Labute approximate surface area is 287 Å². The van der Waals surface area contributed by atoms with Crippen LogP contribution in [0.4, 0.5) is 5.82 Å². The van der Waals surface area contributed by atoms with Crippen LogP contribution < -0.4 is 14.8 Å². The molecule has 1 N–H and O–H groups in total. The first-order chi connectivity index (χ1) is 23.7. The van der Waals surface area contributed by atoms with Crippen molar-refractivity contribution in [1.82, 2.24) is 29.5 Å². The summed E-state index contributed by atoms with van der Waals surface area (Å²) in [5.41, 5.74) is 4.77. The number of piperazine rings is 1. The molecular weight excluding hydrogens is 622 g/mol. The van der Waals surface area contributed by atoms with Gasteiger partial charge in [-0.2, -0.15) is 5.10 Å². The van der Waals surface area contributed by atoms with Crippen LogP contribution in [0.1, 0.15) is 64.5 Å². The largest absolute Gasteiger partial charge is 0.495 e. The van der Waals surface area contributed by atoms with E-state index in [4.69, 9.17) is 19.2 Å². The van der Waals surface area contributed by atoms with Gasteiger partial charge >= 0.3 is 0 Å². The van der Waals surface area contributed by atoms with Crippen LogP contribution in [0.5, 0.6) is 11.5 Å². The molecule has 4 aromatic rings. The summed E-state index contributed by atoms with van der Waals surface area (Å²) in [7, 11) is 3.23. The van der Waals surface area contributed by atoms with E-state index >= 15 is 0 Å². The first-order valence-corrected chi connectivity index (χ1v) is 16.8. The summed E-state index contributed by atoms with van der Waals surface area (Å²) in [5.74, 6) is 1.91. The molecule has 3 aromatic heterocycles. The highest BCUT2D eigenvalue weighted by Gasteiger charge is 2.31. The molecule has 0 bridgehead atoms. The molecule has 1 unspecified atom stereocenters. The highest BCUT2D eigenvalue weighted by atomic mass is 16.5. The number of fused-ring (bicyclic) bond motifs is 1. The second-order valence-corrected chi connectivity index (χ2v) is 12.9. The molecule has 2 fully saturated rings. The SMILES string of the molecule is C=CC(=O)N1CCN(C[C@@H](Oc2cc(C)c(C(=O)Nc3ncc(OC)cc3C)c3cnn(CCOC)c23)c2ccc(C3CC3)cn2)CC1C. The van der Waals surface area contributed by atoms with Crippen LogP contribution in [0.3, 0.4) is 0 Å². The lowest BCUT2D eigenvalue weighted by Crippen LogP contribution is -2.54. The summed E-state index contributed by atoms with van der Waals surface area (Å²) in [6.45, 7) is 12.9. The van der Waals surface area contributed by atoms with Crippen LogP contribution in [0.2, 0.25) is 0 Å². The predicted molar refractivity (Wildman–Crippen MR) is 187 cm³/mol. The molecule has 2 amide bonds. The van der Waals surface area contributed by atoms with Gasteiger partial charge in [-0.3, -0.25) is 24.2 Å². The lowest BCUT2D eigenvalue weighted by Gasteiger charge is -2.40. The van der Waals surface area contributed by atoms with E-state index in [0.717, 1.165) is 16.8 Å². The molecule has 1 saturated heterocycles. The van der Waals surface area contributed by atoms with Gasteiger partial charge in [0.05, 0.1) is 43.9 Å². The maximum Gasteiger partial charge on any atom is 0.257 e. The minimum Gasteiger partial charge on any atom is -0.495 e. The molecular formula is C37H45N7O5. The third-order valence-corrected chi connectivity index (χ3v) is 9.39. The lowest BCUT2D eigenvalue weighted by molar-refractivity contribution is -0.130. The predicted octanol–water partition coefficient (Wildman–Crippen LogP) is 5.07. The van der Waals surface area contributed by atoms with Crippen molar-refractivity contribution in [3.63, 3.8) is 0 Å². The number of ether oxygens (including phenoxy) is 3. The molecule has 0 spiro atoms. The van der Waals surface area contributed by atoms with Crippen LogP contribution in [0.25, 0.3) is 10.9 Å². The van der Waals surface area contributed by atoms with Crippen LogP contribution >= 0.6 is 0 Å². The molecule has 6 rings (SSSR count). The Morgan fingerprint density at radius 3 is 2.55 bits per heavy atom. The summed E-state index contributed by atoms with van der Waals surface area (Å²) < 4.78 is 19.5. The number of methoxy groups -OCH3 is 2. The molecule has 49 heavy (non-hydrogen) atoms. The maximum atomic E-state index is 13.9. The first kappa shape index (κ1) is 34.1. The zero-order valence-corrected chi connectivity index (χ0v) is 28.9. The Morgan fingerprint density at radius 1 is 1.08 bits per heavy atom. The molecule has 12 heteroatoms. The molecule has 258 valence electrons. The molecule has 2 aliphatic rings. The number of aryl methyl sites for hydroxylation is 2. The van der Waals surface area contributed by atoms with Gasteiger partial charge in [0.15, 0.2) is 6.10 Å². The zero-order chi connectivity index (χ0) is 34.7. The van der Waals surface area contributed by atoms with E-state index in [1.54, 1.807) is 26.6 Å². The summed E-state index contributed by atoms with van der Waals surface area (Å²) in [4.78, 5) is 39.8. The average Bonchev–Trinajstić information content (AvgIpc) is 3.87. The number of hydrogen-bond donors (Lipinski definition) is 1. The van der Waals surface area contributed by atoms with E-state index in [-0.39, 0.29) is 17.9 Å². The summed E-state index contributed by atoms with van der Waals surface area (Å²) in [6, 6.07) is 7.99. The van der Waals surface area contributed by atoms with Crippen molar-refractivity contribution in [3.05, 3.63) is 83.5 Å². The van der Waals surface area contributed by atoms with Gasteiger partial charge < -0.3 is 24.4 Å². The number of nitrogens with one attached hydrogen (secondary N) is 1. The van der Waals surface area contributed by atoms with Gasteiger partial charge in [-0.25, -0.2) is 4.98 Å². The number of aromatic nitrogens is 4. The minimum atomic E-state index is -0.429. The zero-order valence-electron chi connectivity index (χ0n) is 28.9. The number of benzene rings is 1. The van der Waals surface area contributed by atoms with E-state index in [2.05, 4.69) is 45.9 Å².